The third kappa shape index (κ3) is 6.24. The Kier molecular flexibility index (Phi) is 8.58. The lowest BCUT2D eigenvalue weighted by Crippen LogP contribution is -2.37. The summed E-state index contributed by atoms with van der Waals surface area (Å²) in [7, 11) is 1.81. The fraction of sp³-hybridized carbons (Fsp3) is 0.188. The van der Waals surface area contributed by atoms with Crippen molar-refractivity contribution in [1.82, 2.24) is 25.1 Å². The maximum atomic E-state index is 12.5. The van der Waals surface area contributed by atoms with Crippen LogP contribution < -0.4 is 10.2 Å². The minimum Gasteiger partial charge on any atom is -0.380 e. The van der Waals surface area contributed by atoms with Gasteiger partial charge in [0.2, 0.25) is 11.9 Å². The highest BCUT2D eigenvalue weighted by atomic mass is 16.5. The van der Waals surface area contributed by atoms with Crippen LogP contribution in [0, 0.1) is 0 Å². The molecule has 0 atom stereocenters. The van der Waals surface area contributed by atoms with E-state index in [0.717, 1.165) is 33.8 Å². The molecular weight excluding hydrogens is 500 g/mol. The molecule has 0 aliphatic rings. The third-order valence-corrected chi connectivity index (χ3v) is 6.38. The van der Waals surface area contributed by atoms with Gasteiger partial charge < -0.3 is 15.0 Å². The third-order valence-electron chi connectivity index (χ3n) is 6.38. The predicted octanol–water partition coefficient (Wildman–Crippen LogP) is 5.25. The Morgan fingerprint density at radius 2 is 1.52 bits per heavy atom. The Hall–Kier alpha value is -4.82. The summed E-state index contributed by atoms with van der Waals surface area (Å²) >= 11 is 0. The monoisotopic (exact) mass is 532 g/mol. The summed E-state index contributed by atoms with van der Waals surface area (Å²) < 4.78 is 7.21. The smallest absolute Gasteiger partial charge is 0.239 e. The normalized spacial score (nSPS) is 10.8. The van der Waals surface area contributed by atoms with E-state index in [1.54, 1.807) is 11.1 Å². The van der Waals surface area contributed by atoms with E-state index in [4.69, 9.17) is 14.8 Å². The Balaban J connectivity index is 1.56. The van der Waals surface area contributed by atoms with E-state index in [-0.39, 0.29) is 12.5 Å². The first-order valence-electron chi connectivity index (χ1n) is 13.3. The summed E-state index contributed by atoms with van der Waals surface area (Å²) in [5.41, 5.74) is 6.21. The molecule has 5 rings (SSSR count). The van der Waals surface area contributed by atoms with Crippen molar-refractivity contribution in [3.8, 4) is 39.5 Å². The Morgan fingerprint density at radius 1 is 0.900 bits per heavy atom. The molecule has 0 saturated heterocycles. The zero-order chi connectivity index (χ0) is 27.7. The van der Waals surface area contributed by atoms with Crippen LogP contribution in [0.25, 0.3) is 39.5 Å². The van der Waals surface area contributed by atoms with Crippen molar-refractivity contribution >= 4 is 11.9 Å². The van der Waals surface area contributed by atoms with E-state index < -0.39 is 0 Å². The highest BCUT2D eigenvalue weighted by Gasteiger charge is 2.20. The first kappa shape index (κ1) is 26.8. The number of ether oxygens (including phenoxy) is 1. The summed E-state index contributed by atoms with van der Waals surface area (Å²) in [6, 6.07) is 32.3. The van der Waals surface area contributed by atoms with Gasteiger partial charge in [-0.25, -0.2) is 14.6 Å². The number of hydrogen-bond donors (Lipinski definition) is 1. The van der Waals surface area contributed by atoms with Gasteiger partial charge in [-0.2, -0.15) is 5.10 Å². The van der Waals surface area contributed by atoms with Crippen molar-refractivity contribution in [1.29, 1.82) is 0 Å². The van der Waals surface area contributed by atoms with E-state index in [1.807, 2.05) is 97.5 Å². The van der Waals surface area contributed by atoms with Gasteiger partial charge in [-0.05, 0) is 13.0 Å². The van der Waals surface area contributed by atoms with Crippen LogP contribution in [0.4, 0.5) is 5.95 Å². The molecule has 2 heterocycles. The van der Waals surface area contributed by atoms with E-state index in [2.05, 4.69) is 28.5 Å². The molecule has 0 spiro atoms. The maximum absolute atomic E-state index is 12.5. The Bertz CT molecular complexity index is 1540. The van der Waals surface area contributed by atoms with Crippen molar-refractivity contribution in [3.05, 3.63) is 103 Å². The lowest BCUT2D eigenvalue weighted by molar-refractivity contribution is -0.120. The number of amides is 1. The second-order valence-corrected chi connectivity index (χ2v) is 9.23. The number of nitrogens with one attached hydrogen (secondary N) is 1. The van der Waals surface area contributed by atoms with Gasteiger partial charge in [0.05, 0.1) is 30.7 Å². The van der Waals surface area contributed by atoms with Crippen LogP contribution in [0.1, 0.15) is 6.92 Å². The molecule has 0 radical (unpaired) electrons. The summed E-state index contributed by atoms with van der Waals surface area (Å²) in [6.45, 7) is 3.60. The Morgan fingerprint density at radius 3 is 2.17 bits per heavy atom. The summed E-state index contributed by atoms with van der Waals surface area (Å²) in [4.78, 5) is 23.9. The van der Waals surface area contributed by atoms with Crippen molar-refractivity contribution in [2.24, 2.45) is 0 Å². The first-order chi connectivity index (χ1) is 19.6. The van der Waals surface area contributed by atoms with Gasteiger partial charge in [-0.1, -0.05) is 91.0 Å². The number of benzene rings is 3. The molecule has 40 heavy (non-hydrogen) atoms. The fourth-order valence-corrected chi connectivity index (χ4v) is 4.39. The summed E-state index contributed by atoms with van der Waals surface area (Å²) in [5, 5.41) is 7.90. The van der Waals surface area contributed by atoms with Crippen molar-refractivity contribution in [2.75, 3.05) is 38.3 Å². The number of anilines is 1. The molecular formula is C32H32N6O2. The quantitative estimate of drug-likeness (QED) is 0.234. The number of rotatable bonds is 11. The fourth-order valence-electron chi connectivity index (χ4n) is 4.39. The van der Waals surface area contributed by atoms with Crippen LogP contribution in [-0.2, 0) is 9.53 Å². The van der Waals surface area contributed by atoms with Crippen LogP contribution >= 0.6 is 0 Å². The molecule has 0 aliphatic heterocycles. The second-order valence-electron chi connectivity index (χ2n) is 9.23. The van der Waals surface area contributed by atoms with Gasteiger partial charge in [0.15, 0.2) is 0 Å². The van der Waals surface area contributed by atoms with Gasteiger partial charge in [0.25, 0.3) is 0 Å². The van der Waals surface area contributed by atoms with Crippen molar-refractivity contribution in [2.45, 2.75) is 6.92 Å². The van der Waals surface area contributed by atoms with E-state index in [0.29, 0.717) is 31.4 Å². The number of likely N-dealkylation sites (N-methyl/N-ethyl adjacent to an activating group) is 1. The average molecular weight is 533 g/mol. The number of carbonyl (C=O) groups excluding carboxylic acids is 1. The molecule has 202 valence electrons. The number of aromatic nitrogens is 4. The Labute approximate surface area is 234 Å². The maximum Gasteiger partial charge on any atom is 0.239 e. The molecule has 1 amide bonds. The molecule has 5 aromatic rings. The zero-order valence-electron chi connectivity index (χ0n) is 22.7. The largest absolute Gasteiger partial charge is 0.380 e. The van der Waals surface area contributed by atoms with Crippen molar-refractivity contribution in [3.63, 3.8) is 0 Å². The SMILES string of the molecule is CCOCCNC(=O)CN(C)c1ncc(-n2nc(-c3ccccc3)cc2-c2ccccc2)c(-c2ccccc2)n1. The number of carbonyl (C=O) groups is 1. The van der Waals surface area contributed by atoms with Crippen LogP contribution in [0.2, 0.25) is 0 Å². The highest BCUT2D eigenvalue weighted by Crippen LogP contribution is 2.33. The lowest BCUT2D eigenvalue weighted by atomic mass is 10.1. The van der Waals surface area contributed by atoms with Gasteiger partial charge in [-0.3, -0.25) is 4.79 Å². The minimum atomic E-state index is -0.123. The topological polar surface area (TPSA) is 85.2 Å². The van der Waals surface area contributed by atoms with E-state index in [1.165, 1.54) is 0 Å². The van der Waals surface area contributed by atoms with Crippen LogP contribution in [-0.4, -0.2) is 59.0 Å². The molecule has 1 N–H and O–H groups in total. The van der Waals surface area contributed by atoms with E-state index in [9.17, 15) is 4.79 Å². The zero-order valence-corrected chi connectivity index (χ0v) is 22.7. The average Bonchev–Trinajstić information content (AvgIpc) is 3.46. The first-order valence-corrected chi connectivity index (χ1v) is 13.3. The summed E-state index contributed by atoms with van der Waals surface area (Å²) in [5.74, 6) is 0.321. The molecule has 8 nitrogen and oxygen atoms in total. The molecule has 0 aliphatic carbocycles. The van der Waals surface area contributed by atoms with Gasteiger partial charge in [0, 0.05) is 36.9 Å². The predicted molar refractivity (Wildman–Crippen MR) is 158 cm³/mol. The molecule has 0 bridgehead atoms. The molecule has 3 aromatic carbocycles. The minimum absolute atomic E-state index is 0.120. The lowest BCUT2D eigenvalue weighted by Gasteiger charge is -2.19. The number of hydrogen-bond acceptors (Lipinski definition) is 6. The van der Waals surface area contributed by atoms with Crippen LogP contribution in [0.5, 0.6) is 0 Å². The highest BCUT2D eigenvalue weighted by molar-refractivity contribution is 5.81. The van der Waals surface area contributed by atoms with Gasteiger partial charge >= 0.3 is 0 Å². The molecule has 8 heteroatoms. The van der Waals surface area contributed by atoms with Crippen LogP contribution in [0.15, 0.2) is 103 Å². The van der Waals surface area contributed by atoms with Crippen molar-refractivity contribution < 1.29 is 9.53 Å². The second kappa shape index (κ2) is 12.8. The standard InChI is InChI=1S/C32H32N6O2/c1-3-40-20-19-33-30(39)23-37(2)32-34-22-29(31(35-32)26-17-11-6-12-18-26)38-28(25-15-9-5-10-16-25)21-27(36-38)24-13-7-4-8-14-24/h4-18,21-22H,3,19-20,23H2,1-2H3,(H,33,39). The van der Waals surface area contributed by atoms with Gasteiger partial charge in [-0.15, -0.1) is 0 Å². The molecule has 2 aromatic heterocycles. The molecule has 0 unspecified atom stereocenters. The van der Waals surface area contributed by atoms with E-state index >= 15 is 0 Å². The summed E-state index contributed by atoms with van der Waals surface area (Å²) in [6.07, 6.45) is 1.78. The van der Waals surface area contributed by atoms with Crippen LogP contribution in [0.3, 0.4) is 0 Å². The molecule has 0 saturated carbocycles. The molecule has 0 fully saturated rings. The van der Waals surface area contributed by atoms with Gasteiger partial charge in [0.1, 0.15) is 11.4 Å². The number of nitrogens with zero attached hydrogens (tertiary/aromatic N) is 5.